The molecular weight excluding hydrogens is 372 g/mol. The van der Waals surface area contributed by atoms with Crippen molar-refractivity contribution in [2.75, 3.05) is 10.8 Å². The molecular formula is C14H13BrN2O2S2. The van der Waals surface area contributed by atoms with Gasteiger partial charge in [-0.2, -0.15) is 5.26 Å². The van der Waals surface area contributed by atoms with Crippen LogP contribution in [0.1, 0.15) is 12.0 Å². The normalized spacial score (nSPS) is 11.1. The van der Waals surface area contributed by atoms with Gasteiger partial charge in [0.05, 0.1) is 22.0 Å². The van der Waals surface area contributed by atoms with Gasteiger partial charge in [0, 0.05) is 6.54 Å². The van der Waals surface area contributed by atoms with Crippen molar-refractivity contribution in [3.8, 4) is 6.07 Å². The first kappa shape index (κ1) is 16.0. The Hall–Kier alpha value is -1.36. The second-order valence-electron chi connectivity index (χ2n) is 4.34. The minimum Gasteiger partial charge on any atom is -0.265 e. The second-order valence-corrected chi connectivity index (χ2v) is 8.80. The zero-order valence-corrected chi connectivity index (χ0v) is 14.5. The summed E-state index contributed by atoms with van der Waals surface area (Å²) in [4.78, 5) is 0. The van der Waals surface area contributed by atoms with Crippen molar-refractivity contribution >= 4 is 43.0 Å². The number of thiophene rings is 1. The minimum absolute atomic E-state index is 0.136. The largest absolute Gasteiger partial charge is 0.273 e. The molecule has 0 fully saturated rings. The van der Waals surface area contributed by atoms with Crippen LogP contribution in [-0.4, -0.2) is 15.0 Å². The third-order valence-electron chi connectivity index (χ3n) is 2.85. The van der Waals surface area contributed by atoms with Crippen LogP contribution in [-0.2, 0) is 10.0 Å². The maximum atomic E-state index is 12.8. The van der Waals surface area contributed by atoms with Crippen LogP contribution in [0.2, 0.25) is 0 Å². The van der Waals surface area contributed by atoms with E-state index in [4.69, 9.17) is 5.26 Å². The van der Waals surface area contributed by atoms with Gasteiger partial charge in [-0.15, -0.1) is 11.3 Å². The lowest BCUT2D eigenvalue weighted by molar-refractivity contribution is 0.593. The van der Waals surface area contributed by atoms with E-state index in [1.807, 2.05) is 19.1 Å². The predicted molar refractivity (Wildman–Crippen MR) is 88.0 cm³/mol. The number of rotatable bonds is 5. The fourth-order valence-electron chi connectivity index (χ4n) is 1.80. The van der Waals surface area contributed by atoms with E-state index in [0.29, 0.717) is 5.69 Å². The zero-order valence-electron chi connectivity index (χ0n) is 11.3. The average Bonchev–Trinajstić information content (AvgIpc) is 2.81. The Bertz CT molecular complexity index is 745. The van der Waals surface area contributed by atoms with Crippen LogP contribution in [0.4, 0.5) is 5.69 Å². The molecule has 0 aliphatic rings. The van der Waals surface area contributed by atoms with Gasteiger partial charge < -0.3 is 0 Å². The molecule has 110 valence electrons. The van der Waals surface area contributed by atoms with Crippen molar-refractivity contribution in [1.82, 2.24) is 0 Å². The summed E-state index contributed by atoms with van der Waals surface area (Å²) in [5, 5.41) is 8.77. The zero-order chi connectivity index (χ0) is 15.5. The Labute approximate surface area is 136 Å². The second kappa shape index (κ2) is 6.60. The Morgan fingerprint density at radius 1 is 1.33 bits per heavy atom. The predicted octanol–water partition coefficient (Wildman–Crippen LogP) is 3.93. The lowest BCUT2D eigenvalue weighted by Gasteiger charge is -2.22. The minimum atomic E-state index is -3.66. The van der Waals surface area contributed by atoms with Gasteiger partial charge in [0.1, 0.15) is 4.21 Å². The molecule has 0 unspecified atom stereocenters. The van der Waals surface area contributed by atoms with E-state index in [2.05, 4.69) is 15.9 Å². The van der Waals surface area contributed by atoms with Crippen molar-refractivity contribution < 1.29 is 8.42 Å². The van der Waals surface area contributed by atoms with Gasteiger partial charge in [0.25, 0.3) is 10.0 Å². The van der Waals surface area contributed by atoms with Crippen molar-refractivity contribution in [3.05, 3.63) is 45.7 Å². The van der Waals surface area contributed by atoms with Gasteiger partial charge in [0.15, 0.2) is 0 Å². The van der Waals surface area contributed by atoms with Crippen LogP contribution in [0.5, 0.6) is 0 Å². The van der Waals surface area contributed by atoms with Crippen molar-refractivity contribution in [1.29, 1.82) is 5.26 Å². The summed E-state index contributed by atoms with van der Waals surface area (Å²) >= 11 is 4.53. The number of anilines is 1. The van der Waals surface area contributed by atoms with Gasteiger partial charge in [0.2, 0.25) is 0 Å². The summed E-state index contributed by atoms with van der Waals surface area (Å²) in [6.07, 6.45) is 0.139. The molecule has 0 aliphatic heterocycles. The third kappa shape index (κ3) is 3.46. The molecule has 2 aromatic rings. The summed E-state index contributed by atoms with van der Waals surface area (Å²) in [6, 6.07) is 12.5. The Morgan fingerprint density at radius 3 is 2.52 bits per heavy atom. The topological polar surface area (TPSA) is 61.2 Å². The molecule has 1 aromatic carbocycles. The average molecular weight is 385 g/mol. The van der Waals surface area contributed by atoms with Gasteiger partial charge in [-0.3, -0.25) is 4.31 Å². The van der Waals surface area contributed by atoms with Gasteiger partial charge in [-0.1, -0.05) is 18.2 Å². The summed E-state index contributed by atoms with van der Waals surface area (Å²) in [5.41, 5.74) is 1.45. The lowest BCUT2D eigenvalue weighted by atomic mass is 10.3. The standard InChI is InChI=1S/C14H13BrN2O2S2/c1-11-10-13(20-14(11)15)21(18,19)17(9-5-8-16)12-6-3-2-4-7-12/h2-4,6-7,10H,5,9H2,1H3. The highest BCUT2D eigenvalue weighted by molar-refractivity contribution is 9.11. The van der Waals surface area contributed by atoms with Crippen molar-refractivity contribution in [2.45, 2.75) is 17.6 Å². The monoisotopic (exact) mass is 384 g/mol. The molecule has 21 heavy (non-hydrogen) atoms. The first-order valence-corrected chi connectivity index (χ1v) is 9.22. The number of sulfonamides is 1. The Balaban J connectivity index is 2.47. The van der Waals surface area contributed by atoms with Crippen molar-refractivity contribution in [2.24, 2.45) is 0 Å². The SMILES string of the molecule is Cc1cc(S(=O)(=O)N(CCC#N)c2ccccc2)sc1Br. The molecule has 0 bridgehead atoms. The highest BCUT2D eigenvalue weighted by atomic mass is 79.9. The van der Waals surface area contributed by atoms with E-state index in [0.717, 1.165) is 9.35 Å². The fraction of sp³-hybridized carbons (Fsp3) is 0.214. The van der Waals surface area contributed by atoms with Crippen LogP contribution >= 0.6 is 27.3 Å². The number of aryl methyl sites for hydroxylation is 1. The molecule has 0 spiro atoms. The van der Waals surface area contributed by atoms with Gasteiger partial charge in [-0.25, -0.2) is 8.42 Å². The van der Waals surface area contributed by atoms with Gasteiger partial charge in [-0.05, 0) is 46.6 Å². The summed E-state index contributed by atoms with van der Waals surface area (Å²) < 4.78 is 28.0. The molecule has 0 atom stereocenters. The molecule has 0 saturated carbocycles. The molecule has 1 heterocycles. The van der Waals surface area contributed by atoms with E-state index < -0.39 is 10.0 Å². The molecule has 0 aliphatic carbocycles. The van der Waals surface area contributed by atoms with Crippen LogP contribution < -0.4 is 4.31 Å². The number of hydrogen-bond acceptors (Lipinski definition) is 4. The first-order valence-electron chi connectivity index (χ1n) is 6.17. The van der Waals surface area contributed by atoms with Crippen LogP contribution in [0.3, 0.4) is 0 Å². The molecule has 2 rings (SSSR count). The first-order chi connectivity index (χ1) is 9.96. The maximum absolute atomic E-state index is 12.8. The number of benzene rings is 1. The van der Waals surface area contributed by atoms with Crippen molar-refractivity contribution in [3.63, 3.8) is 0 Å². The highest BCUT2D eigenvalue weighted by Gasteiger charge is 2.27. The number of para-hydroxylation sites is 1. The van der Waals surface area contributed by atoms with E-state index in [1.54, 1.807) is 30.3 Å². The van der Waals surface area contributed by atoms with E-state index >= 15 is 0 Å². The molecule has 0 radical (unpaired) electrons. The van der Waals surface area contributed by atoms with E-state index in [1.165, 1.54) is 15.6 Å². The molecule has 4 nitrogen and oxygen atoms in total. The molecule has 0 saturated heterocycles. The number of halogens is 1. The fourth-order valence-corrected chi connectivity index (χ4v) is 5.61. The van der Waals surface area contributed by atoms with E-state index in [9.17, 15) is 8.42 Å². The maximum Gasteiger partial charge on any atom is 0.273 e. The van der Waals surface area contributed by atoms with Gasteiger partial charge >= 0.3 is 0 Å². The molecule has 0 amide bonds. The quantitative estimate of drug-likeness (QED) is 0.784. The molecule has 1 aromatic heterocycles. The Morgan fingerprint density at radius 2 is 2.00 bits per heavy atom. The molecule has 7 heteroatoms. The van der Waals surface area contributed by atoms with Crippen LogP contribution in [0.15, 0.2) is 44.4 Å². The van der Waals surface area contributed by atoms with Crippen LogP contribution in [0, 0.1) is 18.3 Å². The molecule has 0 N–H and O–H groups in total. The summed E-state index contributed by atoms with van der Waals surface area (Å²) in [6.45, 7) is 1.99. The number of nitrogens with zero attached hydrogens (tertiary/aromatic N) is 2. The number of hydrogen-bond donors (Lipinski definition) is 0. The van der Waals surface area contributed by atoms with E-state index in [-0.39, 0.29) is 17.2 Å². The smallest absolute Gasteiger partial charge is 0.265 e. The van der Waals surface area contributed by atoms with Crippen LogP contribution in [0.25, 0.3) is 0 Å². The lowest BCUT2D eigenvalue weighted by Crippen LogP contribution is -2.31. The summed E-state index contributed by atoms with van der Waals surface area (Å²) in [5.74, 6) is 0. The highest BCUT2D eigenvalue weighted by Crippen LogP contribution is 2.34. The third-order valence-corrected chi connectivity index (χ3v) is 7.26. The Kier molecular flexibility index (Phi) is 5.04. The summed E-state index contributed by atoms with van der Waals surface area (Å²) in [7, 11) is -3.66. The number of nitriles is 1.